The van der Waals surface area contributed by atoms with Gasteiger partial charge in [0.2, 0.25) is 0 Å². The Bertz CT molecular complexity index is 4400. The molecule has 0 aliphatic heterocycles. The zero-order valence-electron chi connectivity index (χ0n) is 34.0. The number of aromatic nitrogens is 3. The number of hydrogen-bond acceptors (Lipinski definition) is 0. The largest absolute Gasteiger partial charge is 0.309 e. The van der Waals surface area contributed by atoms with Gasteiger partial charge >= 0.3 is 0 Å². The topological polar surface area (TPSA) is 14.3 Å². The van der Waals surface area contributed by atoms with Crippen molar-refractivity contribution in [2.45, 2.75) is 0 Å². The Morgan fingerprint density at radius 3 is 1.30 bits per heavy atom. The quantitative estimate of drug-likeness (QED) is 0.158. The van der Waals surface area contributed by atoms with E-state index in [9.17, 15) is 0 Å². The lowest BCUT2D eigenvalue weighted by molar-refractivity contribution is 1.18. The first-order valence-corrected chi connectivity index (χ1v) is 21.9. The Hall–Kier alpha value is -8.40. The van der Waals surface area contributed by atoms with E-state index in [1.807, 2.05) is 0 Å². The fourth-order valence-electron chi connectivity index (χ4n) is 11.5. The maximum Gasteiger partial charge on any atom is 0.0620 e. The van der Waals surface area contributed by atoms with Gasteiger partial charge in [0.25, 0.3) is 0 Å². The highest BCUT2D eigenvalue weighted by atomic mass is 15.0. The molecule has 290 valence electrons. The third-order valence-corrected chi connectivity index (χ3v) is 14.1. The summed E-state index contributed by atoms with van der Waals surface area (Å²) in [6.07, 6.45) is 0. The van der Waals surface area contributed by atoms with Gasteiger partial charge in [0, 0.05) is 54.2 Å². The van der Waals surface area contributed by atoms with E-state index in [1.54, 1.807) is 0 Å². The van der Waals surface area contributed by atoms with Crippen molar-refractivity contribution in [3.8, 4) is 22.5 Å². The summed E-state index contributed by atoms with van der Waals surface area (Å²) in [6.45, 7) is 0. The molecule has 0 bridgehead atoms. The molecule has 0 spiro atoms. The van der Waals surface area contributed by atoms with Crippen LogP contribution in [0.5, 0.6) is 0 Å². The summed E-state index contributed by atoms with van der Waals surface area (Å²) in [6, 6.07) is 79.0. The van der Waals surface area contributed by atoms with E-state index in [0.717, 1.165) is 5.69 Å². The van der Waals surface area contributed by atoms with Crippen LogP contribution in [0.2, 0.25) is 0 Å². The Balaban J connectivity index is 0.930. The first-order valence-electron chi connectivity index (χ1n) is 21.9. The first-order chi connectivity index (χ1) is 31.3. The van der Waals surface area contributed by atoms with Crippen LogP contribution in [0.15, 0.2) is 212 Å². The van der Waals surface area contributed by atoms with Gasteiger partial charge in [0.05, 0.1) is 44.3 Å². The molecular weight excluding hydrogens is 763 g/mol. The summed E-state index contributed by atoms with van der Waals surface area (Å²) >= 11 is 0. The molecule has 0 fully saturated rings. The molecule has 0 saturated carbocycles. The third-order valence-electron chi connectivity index (χ3n) is 14.1. The van der Waals surface area contributed by atoms with E-state index in [4.69, 9.17) is 0 Å². The van der Waals surface area contributed by atoms with Crippen LogP contribution in [0, 0.1) is 0 Å². The van der Waals surface area contributed by atoms with Gasteiger partial charge in [-0.2, -0.15) is 0 Å². The van der Waals surface area contributed by atoms with E-state index in [2.05, 4.69) is 226 Å². The Morgan fingerprint density at radius 1 is 0.238 bits per heavy atom. The van der Waals surface area contributed by atoms with E-state index in [-0.39, 0.29) is 0 Å². The van der Waals surface area contributed by atoms with Gasteiger partial charge in [-0.1, -0.05) is 152 Å². The normalized spacial score (nSPS) is 12.4. The van der Waals surface area contributed by atoms with Crippen LogP contribution in [0.4, 0.5) is 0 Å². The van der Waals surface area contributed by atoms with Crippen LogP contribution in [-0.4, -0.2) is 13.5 Å². The molecule has 0 radical (unpaired) electrons. The monoisotopic (exact) mass is 797 g/mol. The summed E-state index contributed by atoms with van der Waals surface area (Å²) in [5.74, 6) is 0. The van der Waals surface area contributed by atoms with Crippen molar-refractivity contribution in [1.29, 1.82) is 0 Å². The van der Waals surface area contributed by atoms with E-state index in [0.29, 0.717) is 0 Å². The molecule has 3 nitrogen and oxygen atoms in total. The molecule has 15 rings (SSSR count). The minimum absolute atomic E-state index is 1.16. The van der Waals surface area contributed by atoms with Gasteiger partial charge in [0.1, 0.15) is 0 Å². The molecule has 3 heteroatoms. The molecule has 15 aromatic rings. The van der Waals surface area contributed by atoms with Crippen molar-refractivity contribution in [2.24, 2.45) is 0 Å². The molecular formula is C60H35N3. The minimum Gasteiger partial charge on any atom is -0.309 e. The van der Waals surface area contributed by atoms with Crippen LogP contribution < -0.4 is 0 Å². The second kappa shape index (κ2) is 12.1. The molecule has 0 aliphatic rings. The third kappa shape index (κ3) is 4.33. The number of para-hydroxylation sites is 4. The molecule has 0 amide bonds. The van der Waals surface area contributed by atoms with Gasteiger partial charge in [0.15, 0.2) is 0 Å². The number of benzene rings is 11. The molecule has 0 saturated heterocycles. The van der Waals surface area contributed by atoms with Gasteiger partial charge in [-0.25, -0.2) is 0 Å². The lowest BCUT2D eigenvalue weighted by atomic mass is 9.93. The SMILES string of the molecule is c1ccc2c(c1)c1ccccc1c1c(-n3c4ccccc4c4cc(-c5ccc6c(c5)c5ccccc5n6-c5ccc6c7cccc8c9ccccc9n(c6c5)c87)ccc43)cccc21. The van der Waals surface area contributed by atoms with Crippen molar-refractivity contribution in [2.75, 3.05) is 0 Å². The number of nitrogens with zero attached hydrogens (tertiary/aromatic N) is 3. The lowest BCUT2D eigenvalue weighted by Gasteiger charge is -2.16. The van der Waals surface area contributed by atoms with E-state index < -0.39 is 0 Å². The van der Waals surface area contributed by atoms with Gasteiger partial charge < -0.3 is 13.5 Å². The highest BCUT2D eigenvalue weighted by Crippen LogP contribution is 2.44. The van der Waals surface area contributed by atoms with Gasteiger partial charge in [-0.15, -0.1) is 0 Å². The molecule has 0 unspecified atom stereocenters. The second-order valence-electron chi connectivity index (χ2n) is 17.2. The molecule has 11 aromatic carbocycles. The lowest BCUT2D eigenvalue weighted by Crippen LogP contribution is -1.96. The zero-order valence-corrected chi connectivity index (χ0v) is 34.0. The smallest absolute Gasteiger partial charge is 0.0620 e. The van der Waals surface area contributed by atoms with Crippen molar-refractivity contribution in [1.82, 2.24) is 13.5 Å². The molecule has 4 aromatic heterocycles. The molecule has 0 N–H and O–H groups in total. The number of fused-ring (bicyclic) bond motifs is 18. The van der Waals surface area contributed by atoms with Crippen LogP contribution in [-0.2, 0) is 0 Å². The highest BCUT2D eigenvalue weighted by Gasteiger charge is 2.21. The summed E-state index contributed by atoms with van der Waals surface area (Å²) < 4.78 is 7.42. The van der Waals surface area contributed by atoms with Crippen LogP contribution in [0.3, 0.4) is 0 Å². The predicted octanol–water partition coefficient (Wildman–Crippen LogP) is 16.2. The first kappa shape index (κ1) is 33.3. The van der Waals surface area contributed by atoms with Gasteiger partial charge in [-0.05, 0) is 98.7 Å². The fraction of sp³-hybridized carbons (Fsp3) is 0. The summed E-state index contributed by atoms with van der Waals surface area (Å²) in [5.41, 5.74) is 13.4. The van der Waals surface area contributed by atoms with Gasteiger partial charge in [-0.3, -0.25) is 0 Å². The maximum absolute atomic E-state index is 2.49. The summed E-state index contributed by atoms with van der Waals surface area (Å²) in [4.78, 5) is 0. The van der Waals surface area contributed by atoms with E-state index >= 15 is 0 Å². The number of hydrogen-bond donors (Lipinski definition) is 0. The molecule has 4 heterocycles. The molecule has 0 atom stereocenters. The minimum atomic E-state index is 1.16. The van der Waals surface area contributed by atoms with Crippen molar-refractivity contribution in [3.05, 3.63) is 212 Å². The molecule has 0 aliphatic carbocycles. The summed E-state index contributed by atoms with van der Waals surface area (Å²) in [7, 11) is 0. The van der Waals surface area contributed by atoms with Crippen molar-refractivity contribution in [3.63, 3.8) is 0 Å². The highest BCUT2D eigenvalue weighted by molar-refractivity contribution is 6.28. The average molecular weight is 798 g/mol. The van der Waals surface area contributed by atoms with E-state index in [1.165, 1.54) is 131 Å². The zero-order chi connectivity index (χ0) is 40.9. The number of rotatable bonds is 3. The second-order valence-corrected chi connectivity index (χ2v) is 17.2. The maximum atomic E-state index is 2.49. The standard InChI is InChI=1S/C60H35N3/c1-2-14-41-39(13-1)40-15-3-4-19-46(40)59-47(41)20-12-26-57(59)62-53-24-9-7-18-44(53)51-34-37(28-32-56(51)62)36-27-31-55-50(33-36)43-17-6-8-23-52(43)61(55)38-29-30-45-49-22-11-21-48-42-16-5-10-25-54(42)63(60(48)49)58(45)35-38/h1-35H. The summed E-state index contributed by atoms with van der Waals surface area (Å²) in [5, 5.41) is 17.9. The van der Waals surface area contributed by atoms with Crippen LogP contribution in [0.1, 0.15) is 0 Å². The van der Waals surface area contributed by atoms with Crippen LogP contribution in [0.25, 0.3) is 137 Å². The van der Waals surface area contributed by atoms with Crippen molar-refractivity contribution >= 4 is 114 Å². The predicted molar refractivity (Wildman–Crippen MR) is 268 cm³/mol. The van der Waals surface area contributed by atoms with Crippen LogP contribution >= 0.6 is 0 Å². The van der Waals surface area contributed by atoms with Crippen molar-refractivity contribution < 1.29 is 0 Å². The fourth-order valence-corrected chi connectivity index (χ4v) is 11.5. The Labute approximate surface area is 360 Å². The molecule has 63 heavy (non-hydrogen) atoms. The average Bonchev–Trinajstić information content (AvgIpc) is 4.08. The Kier molecular flexibility index (Phi) is 6.41. The Morgan fingerprint density at radius 2 is 0.667 bits per heavy atom.